The molecule has 0 bridgehead atoms. The van der Waals surface area contributed by atoms with Crippen LogP contribution in [0.25, 0.3) is 0 Å². The third-order valence-corrected chi connectivity index (χ3v) is 1.46. The summed E-state index contributed by atoms with van der Waals surface area (Å²) in [4.78, 5) is 10.9. The summed E-state index contributed by atoms with van der Waals surface area (Å²) in [6.07, 6.45) is 1.89. The van der Waals surface area contributed by atoms with E-state index in [4.69, 9.17) is 15.2 Å². The molecule has 0 aliphatic heterocycles. The van der Waals surface area contributed by atoms with Gasteiger partial charge in [0.25, 0.3) is 0 Å². The van der Waals surface area contributed by atoms with Gasteiger partial charge >= 0.3 is 5.97 Å². The molecule has 0 radical (unpaired) electrons. The normalized spacial score (nSPS) is 12.5. The zero-order chi connectivity index (χ0) is 10.1. The second kappa shape index (κ2) is 8.01. The van der Waals surface area contributed by atoms with Crippen molar-refractivity contribution in [1.29, 1.82) is 0 Å². The van der Waals surface area contributed by atoms with Crippen LogP contribution >= 0.6 is 0 Å². The molecule has 0 aliphatic carbocycles. The number of hydrogen-bond acceptors (Lipinski definition) is 4. The second-order valence-electron chi connectivity index (χ2n) is 2.84. The summed E-state index contributed by atoms with van der Waals surface area (Å²) in [5, 5.41) is 0. The Morgan fingerprint density at radius 1 is 1.46 bits per heavy atom. The Morgan fingerprint density at radius 3 is 2.69 bits per heavy atom. The van der Waals surface area contributed by atoms with Crippen LogP contribution in [-0.4, -0.2) is 25.4 Å². The van der Waals surface area contributed by atoms with Crippen molar-refractivity contribution in [3.8, 4) is 0 Å². The number of esters is 1. The van der Waals surface area contributed by atoms with Crippen molar-refractivity contribution in [2.45, 2.75) is 39.3 Å². The highest BCUT2D eigenvalue weighted by Gasteiger charge is 2.00. The fourth-order valence-electron chi connectivity index (χ4n) is 0.874. The second-order valence-corrected chi connectivity index (χ2v) is 2.84. The number of carbonyl (C=O) groups excluding carboxylic acids is 1. The Labute approximate surface area is 79.4 Å². The molecule has 0 heterocycles. The first-order valence-electron chi connectivity index (χ1n) is 4.69. The average molecular weight is 189 g/mol. The lowest BCUT2D eigenvalue weighted by Crippen LogP contribution is -2.19. The van der Waals surface area contributed by atoms with Crippen LogP contribution < -0.4 is 5.73 Å². The molecule has 78 valence electrons. The van der Waals surface area contributed by atoms with Crippen LogP contribution in [0.1, 0.15) is 33.1 Å². The SMILES string of the molecule is CCOC(=O)CCCCOC(C)N. The molecule has 0 aliphatic rings. The molecule has 0 saturated carbocycles. The summed E-state index contributed by atoms with van der Waals surface area (Å²) in [6.45, 7) is 4.65. The molecule has 0 aromatic carbocycles. The smallest absolute Gasteiger partial charge is 0.305 e. The topological polar surface area (TPSA) is 61.5 Å². The Balaban J connectivity index is 3.11. The summed E-state index contributed by atoms with van der Waals surface area (Å²) < 4.78 is 9.87. The fourth-order valence-corrected chi connectivity index (χ4v) is 0.874. The van der Waals surface area contributed by atoms with E-state index in [9.17, 15) is 4.79 Å². The van der Waals surface area contributed by atoms with E-state index >= 15 is 0 Å². The van der Waals surface area contributed by atoms with E-state index in [1.807, 2.05) is 0 Å². The molecule has 4 nitrogen and oxygen atoms in total. The van der Waals surface area contributed by atoms with E-state index in [0.29, 0.717) is 19.6 Å². The van der Waals surface area contributed by atoms with Crippen LogP contribution in [0.5, 0.6) is 0 Å². The number of hydrogen-bond donors (Lipinski definition) is 1. The van der Waals surface area contributed by atoms with Gasteiger partial charge in [0.05, 0.1) is 6.61 Å². The zero-order valence-electron chi connectivity index (χ0n) is 8.41. The van der Waals surface area contributed by atoms with Crippen LogP contribution in [0.15, 0.2) is 0 Å². The third kappa shape index (κ3) is 9.30. The van der Waals surface area contributed by atoms with Gasteiger partial charge in [0.1, 0.15) is 6.23 Å². The highest BCUT2D eigenvalue weighted by Crippen LogP contribution is 1.98. The summed E-state index contributed by atoms with van der Waals surface area (Å²) >= 11 is 0. The molecule has 0 rings (SSSR count). The summed E-state index contributed by atoms with van der Waals surface area (Å²) in [5.41, 5.74) is 5.37. The molecule has 0 amide bonds. The minimum atomic E-state index is -0.220. The van der Waals surface area contributed by atoms with E-state index in [0.717, 1.165) is 12.8 Å². The Kier molecular flexibility index (Phi) is 7.63. The van der Waals surface area contributed by atoms with Gasteiger partial charge in [0.2, 0.25) is 0 Å². The first-order valence-corrected chi connectivity index (χ1v) is 4.69. The molecule has 1 unspecified atom stereocenters. The molecule has 1 atom stereocenters. The quantitative estimate of drug-likeness (QED) is 0.369. The molecule has 13 heavy (non-hydrogen) atoms. The molecule has 0 aromatic heterocycles. The van der Waals surface area contributed by atoms with E-state index < -0.39 is 0 Å². The van der Waals surface area contributed by atoms with Gasteiger partial charge in [0, 0.05) is 13.0 Å². The fraction of sp³-hybridized carbons (Fsp3) is 0.889. The van der Waals surface area contributed by atoms with E-state index in [1.54, 1.807) is 13.8 Å². The average Bonchev–Trinajstić information content (AvgIpc) is 2.03. The van der Waals surface area contributed by atoms with Crippen LogP contribution in [0.4, 0.5) is 0 Å². The van der Waals surface area contributed by atoms with Gasteiger partial charge in [-0.25, -0.2) is 0 Å². The third-order valence-electron chi connectivity index (χ3n) is 1.46. The Morgan fingerprint density at radius 2 is 2.15 bits per heavy atom. The van der Waals surface area contributed by atoms with Crippen molar-refractivity contribution in [2.24, 2.45) is 5.73 Å². The first-order chi connectivity index (χ1) is 6.16. The number of unbranched alkanes of at least 4 members (excludes halogenated alkanes) is 1. The summed E-state index contributed by atoms with van der Waals surface area (Å²) in [5.74, 6) is -0.136. The Bertz CT molecular complexity index is 137. The molecule has 4 heteroatoms. The minimum absolute atomic E-state index is 0.136. The molecule has 0 fully saturated rings. The predicted octanol–water partition coefficient (Wildman–Crippen LogP) is 1.04. The lowest BCUT2D eigenvalue weighted by Gasteiger charge is -2.06. The van der Waals surface area contributed by atoms with Gasteiger partial charge in [-0.05, 0) is 26.7 Å². The number of rotatable bonds is 7. The molecule has 0 aromatic rings. The predicted molar refractivity (Wildman–Crippen MR) is 50.1 cm³/mol. The lowest BCUT2D eigenvalue weighted by atomic mass is 10.2. The number of nitrogens with two attached hydrogens (primary N) is 1. The number of ether oxygens (including phenoxy) is 2. The van der Waals surface area contributed by atoms with Crippen molar-refractivity contribution in [1.82, 2.24) is 0 Å². The van der Waals surface area contributed by atoms with Gasteiger partial charge in [0.15, 0.2) is 0 Å². The maximum atomic E-state index is 10.9. The largest absolute Gasteiger partial charge is 0.466 e. The van der Waals surface area contributed by atoms with Crippen LogP contribution in [0.3, 0.4) is 0 Å². The summed E-state index contributed by atoms with van der Waals surface area (Å²) in [7, 11) is 0. The van der Waals surface area contributed by atoms with E-state index in [1.165, 1.54) is 0 Å². The van der Waals surface area contributed by atoms with Crippen molar-refractivity contribution in [3.05, 3.63) is 0 Å². The van der Waals surface area contributed by atoms with E-state index in [-0.39, 0.29) is 12.2 Å². The van der Waals surface area contributed by atoms with Gasteiger partial charge in [-0.2, -0.15) is 0 Å². The van der Waals surface area contributed by atoms with Crippen LogP contribution in [0.2, 0.25) is 0 Å². The van der Waals surface area contributed by atoms with Gasteiger partial charge < -0.3 is 15.2 Å². The zero-order valence-corrected chi connectivity index (χ0v) is 8.41. The Hall–Kier alpha value is -0.610. The molecule has 0 spiro atoms. The van der Waals surface area contributed by atoms with Crippen LogP contribution in [-0.2, 0) is 14.3 Å². The van der Waals surface area contributed by atoms with Crippen molar-refractivity contribution >= 4 is 5.97 Å². The molecular weight excluding hydrogens is 170 g/mol. The van der Waals surface area contributed by atoms with Gasteiger partial charge in [-0.3, -0.25) is 4.79 Å². The van der Waals surface area contributed by atoms with Gasteiger partial charge in [-0.1, -0.05) is 0 Å². The maximum absolute atomic E-state index is 10.9. The minimum Gasteiger partial charge on any atom is -0.466 e. The summed E-state index contributed by atoms with van der Waals surface area (Å²) in [6, 6.07) is 0. The maximum Gasteiger partial charge on any atom is 0.305 e. The lowest BCUT2D eigenvalue weighted by molar-refractivity contribution is -0.143. The molecule has 2 N–H and O–H groups in total. The highest BCUT2D eigenvalue weighted by molar-refractivity contribution is 5.69. The molecular formula is C9H19NO3. The van der Waals surface area contributed by atoms with Crippen molar-refractivity contribution in [2.75, 3.05) is 13.2 Å². The van der Waals surface area contributed by atoms with Gasteiger partial charge in [-0.15, -0.1) is 0 Å². The number of carbonyl (C=O) groups is 1. The first kappa shape index (κ1) is 12.4. The standard InChI is InChI=1S/C9H19NO3/c1-3-12-9(11)6-4-5-7-13-8(2)10/h8H,3-7,10H2,1-2H3. The van der Waals surface area contributed by atoms with Crippen molar-refractivity contribution in [3.63, 3.8) is 0 Å². The monoisotopic (exact) mass is 189 g/mol. The molecule has 0 saturated heterocycles. The van der Waals surface area contributed by atoms with Crippen LogP contribution in [0, 0.1) is 0 Å². The van der Waals surface area contributed by atoms with E-state index in [2.05, 4.69) is 0 Å². The van der Waals surface area contributed by atoms with Crippen molar-refractivity contribution < 1.29 is 14.3 Å². The highest BCUT2D eigenvalue weighted by atomic mass is 16.5.